The number of carbonyl (C=O) groups excluding carboxylic acids is 2. The lowest BCUT2D eigenvalue weighted by Gasteiger charge is -2.11. The van der Waals surface area contributed by atoms with Crippen molar-refractivity contribution in [2.45, 2.75) is 45.8 Å². The van der Waals surface area contributed by atoms with E-state index in [-0.39, 0.29) is 30.0 Å². The fourth-order valence-corrected chi connectivity index (χ4v) is 2.93. The monoisotopic (exact) mass is 353 g/mol. The summed E-state index contributed by atoms with van der Waals surface area (Å²) >= 11 is 0. The number of esters is 1. The third-order valence-electron chi connectivity index (χ3n) is 4.51. The number of fused-ring (bicyclic) bond motifs is 1. The van der Waals surface area contributed by atoms with Crippen molar-refractivity contribution in [3.63, 3.8) is 0 Å². The number of rotatable bonds is 4. The van der Waals surface area contributed by atoms with Gasteiger partial charge in [-0.1, -0.05) is 19.1 Å². The molecule has 1 heterocycles. The Kier molecular flexibility index (Phi) is 4.98. The van der Waals surface area contributed by atoms with Crippen molar-refractivity contribution in [2.24, 2.45) is 0 Å². The van der Waals surface area contributed by atoms with Gasteiger partial charge in [0.05, 0.1) is 17.2 Å². The normalized spacial score (nSPS) is 18.2. The molecule has 0 saturated heterocycles. The van der Waals surface area contributed by atoms with Crippen molar-refractivity contribution in [1.82, 2.24) is 0 Å². The minimum absolute atomic E-state index is 0.0465. The molecule has 3 rings (SSSR count). The Labute approximate surface area is 153 Å². The molecule has 1 aliphatic heterocycles. The quantitative estimate of drug-likeness (QED) is 0.828. The number of carbonyl (C=O) groups is 2. The van der Waals surface area contributed by atoms with Gasteiger partial charge in [0.1, 0.15) is 11.9 Å². The van der Waals surface area contributed by atoms with Gasteiger partial charge in [-0.2, -0.15) is 0 Å². The van der Waals surface area contributed by atoms with E-state index in [0.29, 0.717) is 22.6 Å². The zero-order valence-corrected chi connectivity index (χ0v) is 15.4. The topological polar surface area (TPSA) is 64.6 Å². The Morgan fingerprint density at radius 2 is 1.77 bits per heavy atom. The summed E-state index contributed by atoms with van der Waals surface area (Å²) in [6.45, 7) is 7.69. The number of amides is 1. The smallest absolute Gasteiger partial charge is 0.338 e. The summed E-state index contributed by atoms with van der Waals surface area (Å²) in [7, 11) is 0. The fraction of sp³-hybridized carbons (Fsp3) is 0.333. The van der Waals surface area contributed by atoms with Crippen LogP contribution in [0.25, 0.3) is 0 Å². The average molecular weight is 353 g/mol. The summed E-state index contributed by atoms with van der Waals surface area (Å²) in [4.78, 5) is 24.5. The van der Waals surface area contributed by atoms with Crippen LogP contribution in [0.4, 0.5) is 5.69 Å². The van der Waals surface area contributed by atoms with Gasteiger partial charge in [0.15, 0.2) is 0 Å². The second-order valence-corrected chi connectivity index (χ2v) is 6.82. The lowest BCUT2D eigenvalue weighted by molar-refractivity contribution is 0.0378. The van der Waals surface area contributed by atoms with Crippen molar-refractivity contribution in [1.29, 1.82) is 0 Å². The number of benzene rings is 2. The summed E-state index contributed by atoms with van der Waals surface area (Å²) in [5.74, 6) is 0.293. The van der Waals surface area contributed by atoms with E-state index in [1.807, 2.05) is 19.1 Å². The Morgan fingerprint density at radius 1 is 1.08 bits per heavy atom. The van der Waals surface area contributed by atoms with Gasteiger partial charge in [-0.25, -0.2) is 4.79 Å². The minimum atomic E-state index is -0.380. The molecule has 1 aliphatic rings. The molecule has 5 heteroatoms. The zero-order valence-electron chi connectivity index (χ0n) is 15.4. The maximum Gasteiger partial charge on any atom is 0.338 e. The van der Waals surface area contributed by atoms with E-state index in [9.17, 15) is 9.59 Å². The van der Waals surface area contributed by atoms with E-state index < -0.39 is 0 Å². The number of para-hydroxylation sites is 1. The highest BCUT2D eigenvalue weighted by Crippen LogP contribution is 2.40. The van der Waals surface area contributed by atoms with Crippen LogP contribution in [0.1, 0.15) is 59.9 Å². The number of hydrogen-bond acceptors (Lipinski definition) is 4. The fourth-order valence-electron chi connectivity index (χ4n) is 2.93. The van der Waals surface area contributed by atoms with Crippen LogP contribution < -0.4 is 10.1 Å². The molecular weight excluding hydrogens is 330 g/mol. The van der Waals surface area contributed by atoms with Crippen LogP contribution >= 0.6 is 0 Å². The van der Waals surface area contributed by atoms with Crippen molar-refractivity contribution >= 4 is 17.6 Å². The Morgan fingerprint density at radius 3 is 2.42 bits per heavy atom. The minimum Gasteiger partial charge on any atom is -0.489 e. The Hall–Kier alpha value is -2.82. The van der Waals surface area contributed by atoms with Crippen molar-refractivity contribution in [3.8, 4) is 5.75 Å². The van der Waals surface area contributed by atoms with Crippen molar-refractivity contribution in [2.75, 3.05) is 5.32 Å². The summed E-state index contributed by atoms with van der Waals surface area (Å²) in [5, 5.41) is 2.85. The third-order valence-corrected chi connectivity index (χ3v) is 4.51. The van der Waals surface area contributed by atoms with E-state index in [0.717, 1.165) is 5.56 Å². The highest BCUT2D eigenvalue weighted by atomic mass is 16.5. The molecule has 5 nitrogen and oxygen atoms in total. The second-order valence-electron chi connectivity index (χ2n) is 6.82. The van der Waals surface area contributed by atoms with Gasteiger partial charge in [0, 0.05) is 17.2 Å². The second kappa shape index (κ2) is 7.20. The lowest BCUT2D eigenvalue weighted by Crippen LogP contribution is -2.15. The van der Waals surface area contributed by atoms with Crippen LogP contribution in [0.5, 0.6) is 5.75 Å². The van der Waals surface area contributed by atoms with Gasteiger partial charge in [-0.3, -0.25) is 4.79 Å². The highest BCUT2D eigenvalue weighted by molar-refractivity contribution is 6.06. The van der Waals surface area contributed by atoms with E-state index in [4.69, 9.17) is 9.47 Å². The summed E-state index contributed by atoms with van der Waals surface area (Å²) in [6, 6.07) is 12.3. The summed E-state index contributed by atoms with van der Waals surface area (Å²) in [5.41, 5.74) is 2.62. The van der Waals surface area contributed by atoms with Crippen LogP contribution in [0.15, 0.2) is 42.5 Å². The number of nitrogens with one attached hydrogen (secondary N) is 1. The standard InChI is InChI=1S/C21H23NO4/c1-12(2)25-21(24)15-8-10-16(11-9-15)22-20(23)18-7-5-6-17-13(3)14(4)26-19(17)18/h5-14H,1-4H3,(H,22,23). The van der Waals surface area contributed by atoms with Gasteiger partial charge in [-0.05, 0) is 51.1 Å². The highest BCUT2D eigenvalue weighted by Gasteiger charge is 2.31. The average Bonchev–Trinajstić information content (AvgIpc) is 2.89. The SMILES string of the molecule is CC(C)OC(=O)c1ccc(NC(=O)c2cccc3c2OC(C)C3C)cc1. The molecule has 0 spiro atoms. The molecule has 0 fully saturated rings. The maximum absolute atomic E-state index is 12.7. The molecule has 0 radical (unpaired) electrons. The van der Waals surface area contributed by atoms with Gasteiger partial charge in [0.2, 0.25) is 0 Å². The lowest BCUT2D eigenvalue weighted by atomic mass is 9.97. The van der Waals surface area contributed by atoms with E-state index in [1.54, 1.807) is 44.2 Å². The van der Waals surface area contributed by atoms with Gasteiger partial charge >= 0.3 is 5.97 Å². The molecule has 136 valence electrons. The maximum atomic E-state index is 12.7. The van der Waals surface area contributed by atoms with E-state index >= 15 is 0 Å². The molecule has 0 bridgehead atoms. The third kappa shape index (κ3) is 3.57. The van der Waals surface area contributed by atoms with E-state index in [1.165, 1.54) is 0 Å². The Balaban J connectivity index is 1.75. The molecule has 2 atom stereocenters. The number of hydrogen-bond donors (Lipinski definition) is 1. The molecular formula is C21H23NO4. The molecule has 0 aromatic heterocycles. The molecule has 1 N–H and O–H groups in total. The van der Waals surface area contributed by atoms with Gasteiger partial charge in [0.25, 0.3) is 5.91 Å². The molecule has 2 unspecified atom stereocenters. The number of ether oxygens (including phenoxy) is 2. The predicted octanol–water partition coefficient (Wildman–Crippen LogP) is 4.39. The molecule has 1 amide bonds. The molecule has 2 aromatic carbocycles. The van der Waals surface area contributed by atoms with Crippen LogP contribution in [0, 0.1) is 0 Å². The molecule has 2 aromatic rings. The van der Waals surface area contributed by atoms with Crippen molar-refractivity contribution in [3.05, 3.63) is 59.2 Å². The van der Waals surface area contributed by atoms with Crippen LogP contribution in [-0.2, 0) is 4.74 Å². The van der Waals surface area contributed by atoms with Gasteiger partial charge in [-0.15, -0.1) is 0 Å². The van der Waals surface area contributed by atoms with Crippen molar-refractivity contribution < 1.29 is 19.1 Å². The first-order chi connectivity index (χ1) is 12.4. The Bertz CT molecular complexity index is 826. The molecule has 26 heavy (non-hydrogen) atoms. The van der Waals surface area contributed by atoms with Crippen LogP contribution in [0.3, 0.4) is 0 Å². The first-order valence-corrected chi connectivity index (χ1v) is 8.78. The first-order valence-electron chi connectivity index (χ1n) is 8.78. The zero-order chi connectivity index (χ0) is 18.8. The first kappa shape index (κ1) is 18.0. The van der Waals surface area contributed by atoms with Gasteiger partial charge < -0.3 is 14.8 Å². The molecule has 0 saturated carbocycles. The molecule has 0 aliphatic carbocycles. The number of anilines is 1. The van der Waals surface area contributed by atoms with E-state index in [2.05, 4.69) is 12.2 Å². The van der Waals surface area contributed by atoms with Crippen LogP contribution in [0.2, 0.25) is 0 Å². The largest absolute Gasteiger partial charge is 0.489 e. The van der Waals surface area contributed by atoms with Crippen LogP contribution in [-0.4, -0.2) is 24.1 Å². The predicted molar refractivity (Wildman–Crippen MR) is 99.9 cm³/mol. The summed E-state index contributed by atoms with van der Waals surface area (Å²) in [6.07, 6.45) is -0.128. The summed E-state index contributed by atoms with van der Waals surface area (Å²) < 4.78 is 11.0.